The first-order chi connectivity index (χ1) is 17.7. The highest BCUT2D eigenvalue weighted by atomic mass is 16.6. The van der Waals surface area contributed by atoms with Crippen molar-refractivity contribution < 1.29 is 43.2 Å². The normalized spacial score (nSPS) is 12.0. The maximum atomic E-state index is 13.2. The number of carboxylic acid groups (broad SMARTS) is 1. The van der Waals surface area contributed by atoms with Crippen LogP contribution < -0.4 is 14.8 Å². The van der Waals surface area contributed by atoms with Gasteiger partial charge in [-0.15, -0.1) is 0 Å². The topological polar surface area (TPSA) is 137 Å². The zero-order chi connectivity index (χ0) is 26.9. The number of aliphatic carboxylic acids is 1. The lowest BCUT2D eigenvalue weighted by Gasteiger charge is -2.23. The van der Waals surface area contributed by atoms with Crippen molar-refractivity contribution in [3.8, 4) is 11.5 Å². The first-order valence-electron chi connectivity index (χ1n) is 11.0. The Morgan fingerprint density at radius 3 is 1.73 bits per heavy atom. The van der Waals surface area contributed by atoms with E-state index in [1.807, 2.05) is 0 Å². The Balaban J connectivity index is 1.93. The van der Waals surface area contributed by atoms with Gasteiger partial charge in [0.2, 0.25) is 12.2 Å². The Morgan fingerprint density at radius 1 is 0.730 bits per heavy atom. The molecule has 3 rings (SSSR count). The van der Waals surface area contributed by atoms with E-state index < -0.39 is 36.0 Å². The standard InChI is InChI=1S/C27H25NO9/c1-16-7-4-10-19(13-16)28-24(29)22(36-26(32)17-8-5-11-20(14-17)34-2)23(25(30)31)37-27(33)18-9-6-12-21(15-18)35-3/h4-15,22-23H,1-3H3,(H,28,29)(H,30,31)/t22-,23-/m0/s1. The van der Waals surface area contributed by atoms with Gasteiger partial charge < -0.3 is 29.4 Å². The second-order valence-corrected chi connectivity index (χ2v) is 7.81. The van der Waals surface area contributed by atoms with Crippen molar-refractivity contribution in [3.05, 3.63) is 89.5 Å². The largest absolute Gasteiger partial charge is 0.497 e. The van der Waals surface area contributed by atoms with E-state index in [0.717, 1.165) is 5.56 Å². The van der Waals surface area contributed by atoms with Crippen LogP contribution in [0.2, 0.25) is 0 Å². The van der Waals surface area contributed by atoms with Gasteiger partial charge in [0, 0.05) is 5.69 Å². The number of carbonyl (C=O) groups excluding carboxylic acids is 3. The van der Waals surface area contributed by atoms with Crippen LogP contribution in [0.5, 0.6) is 11.5 Å². The number of rotatable bonds is 10. The second-order valence-electron chi connectivity index (χ2n) is 7.81. The highest BCUT2D eigenvalue weighted by molar-refractivity contribution is 6.01. The number of esters is 2. The number of benzene rings is 3. The van der Waals surface area contributed by atoms with Crippen LogP contribution in [0, 0.1) is 6.92 Å². The molecule has 0 unspecified atom stereocenters. The fraction of sp³-hybridized carbons (Fsp3) is 0.185. The minimum absolute atomic E-state index is 0.00373. The third-order valence-electron chi connectivity index (χ3n) is 5.14. The van der Waals surface area contributed by atoms with Gasteiger partial charge in [-0.3, -0.25) is 4.79 Å². The van der Waals surface area contributed by atoms with E-state index in [4.69, 9.17) is 18.9 Å². The first kappa shape index (κ1) is 26.7. The molecule has 2 N–H and O–H groups in total. The molecule has 3 aromatic carbocycles. The molecule has 10 heteroatoms. The number of anilines is 1. The van der Waals surface area contributed by atoms with Crippen LogP contribution in [0.15, 0.2) is 72.8 Å². The number of carboxylic acids is 1. The van der Waals surface area contributed by atoms with Crippen LogP contribution in [0.4, 0.5) is 5.69 Å². The molecule has 37 heavy (non-hydrogen) atoms. The second kappa shape index (κ2) is 12.2. The lowest BCUT2D eigenvalue weighted by atomic mass is 10.1. The predicted octanol–water partition coefficient (Wildman–Crippen LogP) is 3.49. The van der Waals surface area contributed by atoms with E-state index >= 15 is 0 Å². The molecule has 0 bridgehead atoms. The SMILES string of the molecule is COc1cccc(C(=O)O[C@H](C(=O)O)[C@H](OC(=O)c2cccc(OC)c2)C(=O)Nc2cccc(C)c2)c1. The molecule has 0 radical (unpaired) electrons. The number of methoxy groups -OCH3 is 2. The predicted molar refractivity (Wildman–Crippen MR) is 132 cm³/mol. The van der Waals surface area contributed by atoms with Crippen LogP contribution in [-0.4, -0.2) is 55.3 Å². The molecule has 1 amide bonds. The Bertz CT molecular complexity index is 1300. The summed E-state index contributed by atoms with van der Waals surface area (Å²) in [6.07, 6.45) is -4.20. The molecular formula is C27H25NO9. The van der Waals surface area contributed by atoms with E-state index in [-0.39, 0.29) is 11.1 Å². The molecule has 0 aromatic heterocycles. The Labute approximate surface area is 212 Å². The van der Waals surface area contributed by atoms with E-state index in [0.29, 0.717) is 17.2 Å². The van der Waals surface area contributed by atoms with Crippen LogP contribution in [0.25, 0.3) is 0 Å². The third-order valence-corrected chi connectivity index (χ3v) is 5.14. The van der Waals surface area contributed by atoms with E-state index in [9.17, 15) is 24.3 Å². The van der Waals surface area contributed by atoms with Gasteiger partial charge in [-0.25, -0.2) is 14.4 Å². The minimum Gasteiger partial charge on any atom is -0.497 e. The molecule has 3 aromatic rings. The van der Waals surface area contributed by atoms with Gasteiger partial charge in [0.15, 0.2) is 0 Å². The van der Waals surface area contributed by atoms with Gasteiger partial charge in [0.05, 0.1) is 25.3 Å². The molecule has 0 fully saturated rings. The maximum absolute atomic E-state index is 13.2. The van der Waals surface area contributed by atoms with Crippen molar-refractivity contribution in [3.63, 3.8) is 0 Å². The van der Waals surface area contributed by atoms with Crippen molar-refractivity contribution in [1.29, 1.82) is 0 Å². The van der Waals surface area contributed by atoms with Crippen molar-refractivity contribution in [1.82, 2.24) is 0 Å². The minimum atomic E-state index is -2.17. The number of hydrogen-bond acceptors (Lipinski definition) is 8. The molecular weight excluding hydrogens is 482 g/mol. The van der Waals surface area contributed by atoms with E-state index in [1.165, 1.54) is 50.6 Å². The van der Waals surface area contributed by atoms with E-state index in [2.05, 4.69) is 5.32 Å². The Kier molecular flexibility index (Phi) is 8.82. The number of ether oxygens (including phenoxy) is 4. The van der Waals surface area contributed by atoms with Crippen molar-refractivity contribution in [2.75, 3.05) is 19.5 Å². The average molecular weight is 507 g/mol. The highest BCUT2D eigenvalue weighted by Crippen LogP contribution is 2.20. The molecule has 0 spiro atoms. The lowest BCUT2D eigenvalue weighted by molar-refractivity contribution is -0.157. The van der Waals surface area contributed by atoms with Crippen LogP contribution in [0.1, 0.15) is 26.3 Å². The summed E-state index contributed by atoms with van der Waals surface area (Å²) in [5.74, 6) is -4.11. The third kappa shape index (κ3) is 7.07. The average Bonchev–Trinajstić information content (AvgIpc) is 2.90. The number of aryl methyl sites for hydroxylation is 1. The van der Waals surface area contributed by atoms with Crippen LogP contribution in [0.3, 0.4) is 0 Å². The highest BCUT2D eigenvalue weighted by Gasteiger charge is 2.41. The molecule has 10 nitrogen and oxygen atoms in total. The molecule has 0 heterocycles. The molecule has 0 aliphatic heterocycles. The fourth-order valence-corrected chi connectivity index (χ4v) is 3.30. The van der Waals surface area contributed by atoms with E-state index in [1.54, 1.807) is 43.3 Å². The van der Waals surface area contributed by atoms with Gasteiger partial charge in [-0.1, -0.05) is 24.3 Å². The number of amides is 1. The summed E-state index contributed by atoms with van der Waals surface area (Å²) in [5, 5.41) is 12.4. The summed E-state index contributed by atoms with van der Waals surface area (Å²) in [5.41, 5.74) is 1.12. The van der Waals surface area contributed by atoms with Gasteiger partial charge in [0.1, 0.15) is 11.5 Å². The van der Waals surface area contributed by atoms with Gasteiger partial charge in [-0.05, 0) is 61.0 Å². The molecule has 192 valence electrons. The molecule has 0 saturated carbocycles. The summed E-state index contributed by atoms with van der Waals surface area (Å²) in [4.78, 5) is 51.0. The van der Waals surface area contributed by atoms with Gasteiger partial charge in [-0.2, -0.15) is 0 Å². The quantitative estimate of drug-likeness (QED) is 0.395. The van der Waals surface area contributed by atoms with Crippen molar-refractivity contribution >= 4 is 29.5 Å². The summed E-state index contributed by atoms with van der Waals surface area (Å²) in [6.45, 7) is 1.80. The van der Waals surface area contributed by atoms with Crippen LogP contribution >= 0.6 is 0 Å². The van der Waals surface area contributed by atoms with Gasteiger partial charge in [0.25, 0.3) is 5.91 Å². The fourth-order valence-electron chi connectivity index (χ4n) is 3.30. The van der Waals surface area contributed by atoms with Crippen molar-refractivity contribution in [2.24, 2.45) is 0 Å². The van der Waals surface area contributed by atoms with Gasteiger partial charge >= 0.3 is 17.9 Å². The zero-order valence-corrected chi connectivity index (χ0v) is 20.3. The Hall–Kier alpha value is -4.86. The summed E-state index contributed by atoms with van der Waals surface area (Å²) in [7, 11) is 2.80. The molecule has 0 saturated heterocycles. The summed E-state index contributed by atoms with van der Waals surface area (Å²) < 4.78 is 20.6. The monoisotopic (exact) mass is 507 g/mol. The Morgan fingerprint density at radius 2 is 1.24 bits per heavy atom. The summed E-state index contributed by atoms with van der Waals surface area (Å²) in [6, 6.07) is 18.4. The zero-order valence-electron chi connectivity index (χ0n) is 20.3. The van der Waals surface area contributed by atoms with Crippen LogP contribution in [-0.2, 0) is 19.1 Å². The molecule has 0 aliphatic rings. The number of hydrogen-bond donors (Lipinski definition) is 2. The smallest absolute Gasteiger partial charge is 0.349 e. The maximum Gasteiger partial charge on any atom is 0.349 e. The summed E-state index contributed by atoms with van der Waals surface area (Å²) >= 11 is 0. The van der Waals surface area contributed by atoms with Crippen molar-refractivity contribution in [2.45, 2.75) is 19.1 Å². The number of carbonyl (C=O) groups is 4. The lowest BCUT2D eigenvalue weighted by Crippen LogP contribution is -2.48. The number of nitrogens with one attached hydrogen (secondary N) is 1. The first-order valence-corrected chi connectivity index (χ1v) is 11.0. The molecule has 2 atom stereocenters. The molecule has 0 aliphatic carbocycles.